The molecular weight excluding hydrogens is 1750 g/mol. The number of aliphatic hydroxyl groups excluding tert-OH is 10. The summed E-state index contributed by atoms with van der Waals surface area (Å²) in [6.07, 6.45) is 20.4. The van der Waals surface area contributed by atoms with Gasteiger partial charge in [-0.05, 0) is 194 Å². The number of aliphatic hydroxyl groups is 10. The first-order valence-electron chi connectivity index (χ1n) is 42.7. The maximum atomic E-state index is 12.2. The summed E-state index contributed by atoms with van der Waals surface area (Å²) >= 11 is 5.14. The maximum absolute atomic E-state index is 12.2. The minimum Gasteiger partial charge on any atom is -0.388 e. The second-order valence-electron chi connectivity index (χ2n) is 36.6. The van der Waals surface area contributed by atoms with E-state index in [1.165, 1.54) is 33.9 Å². The number of ether oxygens (including phenoxy) is 5. The topological polar surface area (TPSA) is 531 Å². The van der Waals surface area contributed by atoms with Gasteiger partial charge in [-0.2, -0.15) is 0 Å². The molecule has 126 heavy (non-hydrogen) atoms. The van der Waals surface area contributed by atoms with Gasteiger partial charge in [-0.15, -0.1) is 65.9 Å². The predicted molar refractivity (Wildman–Crippen MR) is 515 cm³/mol. The van der Waals surface area contributed by atoms with E-state index in [-0.39, 0.29) is 30.6 Å². The molecule has 5 fully saturated rings. The van der Waals surface area contributed by atoms with Crippen LogP contribution in [0, 0.1) is 0 Å². The van der Waals surface area contributed by atoms with Crippen LogP contribution in [0.2, 0.25) is 0 Å². The van der Waals surface area contributed by atoms with Crippen molar-refractivity contribution in [1.29, 1.82) is 0 Å². The minimum atomic E-state index is -1.29. The zero-order valence-electron chi connectivity index (χ0n) is 75.9. The fourth-order valence-corrected chi connectivity index (χ4v) is 19.3. The first-order chi connectivity index (χ1) is 58.6. The smallest absolute Gasteiger partial charge is 0.330 e. The summed E-state index contributed by atoms with van der Waals surface area (Å²) in [5.74, 6) is 0. The second-order valence-corrected chi connectivity index (χ2v) is 58.6. The van der Waals surface area contributed by atoms with E-state index in [9.17, 15) is 89.4 Å². The van der Waals surface area contributed by atoms with Crippen LogP contribution in [0.3, 0.4) is 0 Å². The number of thiocarbonyl (C=S) groups is 1. The van der Waals surface area contributed by atoms with Gasteiger partial charge in [-0.25, -0.2) is 19.2 Å². The molecule has 0 radical (unpaired) electrons. The zero-order chi connectivity index (χ0) is 94.6. The Kier molecular flexibility index (Phi) is 42.4. The van der Waals surface area contributed by atoms with Crippen molar-refractivity contribution >= 4 is 83.3 Å². The van der Waals surface area contributed by atoms with Crippen molar-refractivity contribution in [2.24, 2.45) is 0 Å². The molecule has 10 heterocycles. The Balaban J connectivity index is 0.000000244. The molecule has 6 aliphatic heterocycles. The quantitative estimate of drug-likeness (QED) is 0.0159. The summed E-state index contributed by atoms with van der Waals surface area (Å²) in [4.78, 5) is 107. The van der Waals surface area contributed by atoms with Crippen molar-refractivity contribution in [1.82, 2.24) is 69.7 Å². The number of nitrogens with one attached hydrogen (secondary N) is 9. The van der Waals surface area contributed by atoms with Crippen molar-refractivity contribution in [2.75, 3.05) is 131 Å². The van der Waals surface area contributed by atoms with E-state index >= 15 is 0 Å². The molecule has 5 saturated heterocycles. The number of hydrogen-bond donors (Lipinski definition) is 19. The molecule has 19 N–H and O–H groups in total. The first kappa shape index (κ1) is 109. The summed E-state index contributed by atoms with van der Waals surface area (Å²) in [7, 11) is 1.81. The summed E-state index contributed by atoms with van der Waals surface area (Å²) < 4.78 is 34.1. The molecular formula is C83H145N14O23P5S. The first-order valence-corrected chi connectivity index (χ1v) is 58.4. The molecule has 0 aromatic carbocycles. The number of aromatic amines is 4. The lowest BCUT2D eigenvalue weighted by Gasteiger charge is -2.30. The van der Waals surface area contributed by atoms with E-state index in [0.717, 1.165) is 91.8 Å². The highest BCUT2D eigenvalue weighted by Gasteiger charge is 2.49. The van der Waals surface area contributed by atoms with Crippen LogP contribution in [0.5, 0.6) is 0 Å². The molecule has 0 bridgehead atoms. The molecule has 0 amide bonds. The molecule has 37 nitrogen and oxygen atoms in total. The molecule has 4 aromatic rings. The van der Waals surface area contributed by atoms with Gasteiger partial charge in [0.05, 0.1) is 55.0 Å². The standard InChI is InChI=1S/4C17H30N3O5P.C15H25N2O3PS/c2*1-5-7-18-10-20-9-11(16(23)19-17(20)24)15-14(22)13(21)12(25-15)6-8-26(2,3)4;2*1-5-7-18-9-11-10-20(17(24)19-15(11)23)16-14(22)13(21)12(25-16)6-8-26(2,3)4;1-9-10(8-17(2)15(22)16-9)14-13(19)12(18)11(20-14)6-7-21(3,4)5/h2*9,12-15,18,21-22H,2,5-8,10H2,1,3-4H3,(H,19,23,24);2*10,12-14,16,18,21-22H,2,5-9H2,1,3-4H3,(H,19,23,24);8,11-14,18-19H,1,3,6-7H2,2,4-5H3,(H,16,22)/t2*12-,13-,14-,15?;2*12-,13-,14-,16?;11-,12-,13-,14+/m11111/s1. The van der Waals surface area contributed by atoms with Gasteiger partial charge >= 0.3 is 22.8 Å². The van der Waals surface area contributed by atoms with Crippen molar-refractivity contribution in [3.63, 3.8) is 0 Å². The Labute approximate surface area is 743 Å². The zero-order valence-corrected chi connectivity index (χ0v) is 81.2. The summed E-state index contributed by atoms with van der Waals surface area (Å²) in [6.45, 7) is 30.6. The van der Waals surface area contributed by atoms with Gasteiger partial charge in [0.1, 0.15) is 79.4 Å². The molecule has 20 atom stereocenters. The molecule has 10 rings (SSSR count). The van der Waals surface area contributed by atoms with Crippen molar-refractivity contribution in [2.45, 2.75) is 234 Å². The fourth-order valence-electron chi connectivity index (χ4n) is 14.3. The van der Waals surface area contributed by atoms with Crippen LogP contribution in [0.4, 0.5) is 0 Å². The highest BCUT2D eigenvalue weighted by molar-refractivity contribution is 7.80. The van der Waals surface area contributed by atoms with Gasteiger partial charge in [0.15, 0.2) is 17.6 Å². The third-order valence-electron chi connectivity index (χ3n) is 21.6. The van der Waals surface area contributed by atoms with Crippen molar-refractivity contribution in [3.05, 3.63) is 154 Å². The lowest BCUT2D eigenvalue weighted by molar-refractivity contribution is -0.0404. The van der Waals surface area contributed by atoms with E-state index < -0.39 is 196 Å². The van der Waals surface area contributed by atoms with Gasteiger partial charge in [-0.3, -0.25) is 68.0 Å². The third kappa shape index (κ3) is 32.5. The maximum Gasteiger partial charge on any atom is 0.330 e. The number of aromatic nitrogens is 8. The number of hydrogen-bond acceptors (Lipinski definition) is 28. The molecule has 0 spiro atoms. The number of H-pyrrole nitrogens is 4. The molecule has 0 aliphatic carbocycles. The van der Waals surface area contributed by atoms with Crippen LogP contribution in [0.1, 0.15) is 132 Å². The van der Waals surface area contributed by atoms with Crippen molar-refractivity contribution in [3.8, 4) is 0 Å². The summed E-state index contributed by atoms with van der Waals surface area (Å²) in [5.41, 5.74) is -2.22. The highest BCUT2D eigenvalue weighted by Crippen LogP contribution is 2.45. The van der Waals surface area contributed by atoms with Gasteiger partial charge in [0.25, 0.3) is 22.2 Å². The lowest BCUT2D eigenvalue weighted by atomic mass is 9.99. The van der Waals surface area contributed by atoms with Gasteiger partial charge in [0.2, 0.25) is 0 Å². The largest absolute Gasteiger partial charge is 0.388 e. The Morgan fingerprint density at radius 3 is 0.976 bits per heavy atom. The average Bonchev–Trinajstić information content (AvgIpc) is 1.68. The van der Waals surface area contributed by atoms with Crippen LogP contribution >= 0.6 is 46.6 Å². The second kappa shape index (κ2) is 48.9. The lowest BCUT2D eigenvalue weighted by Crippen LogP contribution is -2.42. The normalized spacial score (nSPS) is 27.5. The molecule has 6 aliphatic rings. The van der Waals surface area contributed by atoms with Crippen LogP contribution in [0.15, 0.2) is 87.2 Å². The van der Waals surface area contributed by atoms with Gasteiger partial charge < -0.3 is 95.6 Å². The van der Waals surface area contributed by atoms with E-state index in [4.69, 9.17) is 35.9 Å². The number of nitrogens with zero attached hydrogens (tertiary/aromatic N) is 5. The molecule has 0 saturated carbocycles. The molecule has 716 valence electrons. The highest BCUT2D eigenvalue weighted by atomic mass is 32.1. The SMILES string of the molecule is C=C1NC(=S)N(C)C=C1[C@@H]1O[C@H](CCP(=C)(C)C)[C@@H](O)[C@H]1O.C=P(C)(C)CC[C@H]1OC(c2cn(CNCCC)c(=O)[nH]c2=O)[C@H](O)[C@@H]1O.C=P(C)(C)CC[C@H]1OC(c2cn(CNCCC)c(=O)[nH]c2=O)[C@H](O)[C@@H]1O.C=P(C)(C)CC[C@H]1OC(n2cc(CNCCC)c(=O)[nH]c2=O)[C@H](O)[C@@H]1O.C=P(C)(C)CC[C@H]1OC(n2cc(CNCCC)c(=O)[nH]c2=O)[C@H](O)[C@@H]1O. The Bertz CT molecular complexity index is 4540. The Hall–Kier alpha value is -5.37. The minimum absolute atomic E-state index is 0.139. The van der Waals surface area contributed by atoms with Gasteiger partial charge in [-0.1, -0.05) is 34.3 Å². The number of rotatable bonds is 36. The Morgan fingerprint density at radius 1 is 0.389 bits per heavy atom. The summed E-state index contributed by atoms with van der Waals surface area (Å²) in [6, 6.07) is 0. The Morgan fingerprint density at radius 2 is 0.667 bits per heavy atom. The van der Waals surface area contributed by atoms with Crippen LogP contribution in [0.25, 0.3) is 0 Å². The van der Waals surface area contributed by atoms with Crippen LogP contribution in [-0.4, -0.2) is 359 Å². The average molecular weight is 1890 g/mol. The van der Waals surface area contributed by atoms with E-state index in [1.807, 2.05) is 34.7 Å². The van der Waals surface area contributed by atoms with E-state index in [2.05, 4.69) is 151 Å². The predicted octanol–water partition coefficient (Wildman–Crippen LogP) is -0.189. The third-order valence-corrected chi connectivity index (χ3v) is 29.4. The van der Waals surface area contributed by atoms with E-state index in [0.29, 0.717) is 72.7 Å². The molecule has 4 unspecified atom stereocenters. The van der Waals surface area contributed by atoms with E-state index in [1.54, 1.807) is 11.1 Å². The molecule has 43 heteroatoms. The summed E-state index contributed by atoms with van der Waals surface area (Å²) in [5, 5.41) is 119. The fraction of sp³-hybridized carbons (Fsp3) is 0.687. The monoisotopic (exact) mass is 1890 g/mol. The molecule has 4 aromatic heterocycles. The van der Waals surface area contributed by atoms with Crippen molar-refractivity contribution < 1.29 is 74.7 Å². The van der Waals surface area contributed by atoms with Crippen LogP contribution in [-0.2, 0) is 50.1 Å². The van der Waals surface area contributed by atoms with Crippen LogP contribution < -0.4 is 71.6 Å². The van der Waals surface area contributed by atoms with Gasteiger partial charge in [0, 0.05) is 73.5 Å².